The molecule has 0 spiro atoms. The highest BCUT2D eigenvalue weighted by molar-refractivity contribution is 9.10. The lowest BCUT2D eigenvalue weighted by molar-refractivity contribution is 0.628. The van der Waals surface area contributed by atoms with Crippen molar-refractivity contribution >= 4 is 27.5 Å². The first-order valence-corrected chi connectivity index (χ1v) is 6.80. The second-order valence-electron chi connectivity index (χ2n) is 4.37. The maximum Gasteiger partial charge on any atom is 0.133 e. The van der Waals surface area contributed by atoms with Crippen LogP contribution in [0.1, 0.15) is 24.6 Å². The Morgan fingerprint density at radius 2 is 1.94 bits per heavy atom. The van der Waals surface area contributed by atoms with E-state index in [1.165, 1.54) is 12.1 Å². The minimum atomic E-state index is -0.361. The van der Waals surface area contributed by atoms with Crippen LogP contribution in [0.3, 0.4) is 0 Å². The molecule has 0 unspecified atom stereocenters. The Bertz CT molecular complexity index is 594. The quantitative estimate of drug-likeness (QED) is 0.755. The highest BCUT2D eigenvalue weighted by Gasteiger charge is 2.27. The number of halogens is 3. The number of aromatic nitrogens is 2. The second-order valence-corrected chi connectivity index (χ2v) is 5.62. The maximum atomic E-state index is 13.3. The summed E-state index contributed by atoms with van der Waals surface area (Å²) >= 11 is 9.22. The van der Waals surface area contributed by atoms with Crippen LogP contribution in [-0.4, -0.2) is 9.97 Å². The van der Waals surface area contributed by atoms with E-state index in [4.69, 9.17) is 11.6 Å². The summed E-state index contributed by atoms with van der Waals surface area (Å²) in [6, 6.07) is 6.19. The van der Waals surface area contributed by atoms with Gasteiger partial charge < -0.3 is 0 Å². The Hall–Kier alpha value is -1.00. The fourth-order valence-electron chi connectivity index (χ4n) is 1.81. The molecule has 0 N–H and O–H groups in total. The molecule has 0 aliphatic heterocycles. The lowest BCUT2D eigenvalue weighted by Crippen LogP contribution is -1.96. The van der Waals surface area contributed by atoms with Crippen molar-refractivity contribution in [2.45, 2.75) is 18.8 Å². The predicted octanol–water partition coefficient (Wildman–Crippen LogP) is 4.58. The van der Waals surface area contributed by atoms with Crippen LogP contribution in [0, 0.1) is 5.82 Å². The molecule has 1 saturated carbocycles. The Kier molecular flexibility index (Phi) is 3.08. The molecule has 2 aromatic rings. The molecule has 1 aliphatic carbocycles. The van der Waals surface area contributed by atoms with E-state index in [-0.39, 0.29) is 5.82 Å². The van der Waals surface area contributed by atoms with Crippen molar-refractivity contribution < 1.29 is 4.39 Å². The van der Waals surface area contributed by atoms with E-state index in [1.807, 2.05) is 0 Å². The van der Waals surface area contributed by atoms with Crippen LogP contribution in [0.25, 0.3) is 11.3 Å². The summed E-state index contributed by atoms with van der Waals surface area (Å²) in [5, 5.41) is 0.368. The molecular weight excluding hydrogens is 319 g/mol. The molecule has 2 nitrogen and oxygen atoms in total. The Morgan fingerprint density at radius 3 is 2.61 bits per heavy atom. The van der Waals surface area contributed by atoms with Gasteiger partial charge in [0.1, 0.15) is 16.2 Å². The van der Waals surface area contributed by atoms with Crippen LogP contribution >= 0.6 is 27.5 Å². The standard InChI is InChI=1S/C13H9BrClFN2/c14-12-6-11(17-13(18-12)7-1-2-7)8-3-9(15)5-10(16)4-8/h3-7H,1-2H2. The average molecular weight is 328 g/mol. The zero-order chi connectivity index (χ0) is 12.7. The first-order valence-electron chi connectivity index (χ1n) is 5.63. The summed E-state index contributed by atoms with van der Waals surface area (Å²) in [6.45, 7) is 0. The van der Waals surface area contributed by atoms with Gasteiger partial charge in [0.05, 0.1) is 5.69 Å². The van der Waals surface area contributed by atoms with E-state index >= 15 is 0 Å². The van der Waals surface area contributed by atoms with E-state index in [0.29, 0.717) is 22.2 Å². The highest BCUT2D eigenvalue weighted by Crippen LogP contribution is 2.39. The van der Waals surface area contributed by atoms with E-state index in [2.05, 4.69) is 25.9 Å². The molecule has 18 heavy (non-hydrogen) atoms. The van der Waals surface area contributed by atoms with E-state index < -0.39 is 0 Å². The highest BCUT2D eigenvalue weighted by atomic mass is 79.9. The van der Waals surface area contributed by atoms with Gasteiger partial charge in [-0.05, 0) is 53.0 Å². The summed E-state index contributed by atoms with van der Waals surface area (Å²) in [7, 11) is 0. The van der Waals surface area contributed by atoms with Crippen LogP contribution in [0.4, 0.5) is 4.39 Å². The van der Waals surface area contributed by atoms with E-state index in [9.17, 15) is 4.39 Å². The monoisotopic (exact) mass is 326 g/mol. The van der Waals surface area contributed by atoms with Gasteiger partial charge in [0.25, 0.3) is 0 Å². The van der Waals surface area contributed by atoms with Crippen molar-refractivity contribution in [3.63, 3.8) is 0 Å². The molecule has 5 heteroatoms. The number of hydrogen-bond donors (Lipinski definition) is 0. The van der Waals surface area contributed by atoms with Gasteiger partial charge in [0, 0.05) is 16.5 Å². The lowest BCUT2D eigenvalue weighted by atomic mass is 10.1. The van der Waals surface area contributed by atoms with Crippen LogP contribution in [0.5, 0.6) is 0 Å². The van der Waals surface area contributed by atoms with Crippen LogP contribution < -0.4 is 0 Å². The third kappa shape index (κ3) is 2.54. The first kappa shape index (κ1) is 12.1. The molecule has 0 atom stereocenters. The van der Waals surface area contributed by atoms with Crippen molar-refractivity contribution in [2.75, 3.05) is 0 Å². The first-order chi connectivity index (χ1) is 8.61. The number of benzene rings is 1. The van der Waals surface area contributed by atoms with Gasteiger partial charge in [-0.15, -0.1) is 0 Å². The molecule has 92 valence electrons. The Balaban J connectivity index is 2.09. The molecular formula is C13H9BrClFN2. The van der Waals surface area contributed by atoms with Crippen molar-refractivity contribution in [3.05, 3.63) is 45.5 Å². The van der Waals surface area contributed by atoms with Gasteiger partial charge in [-0.25, -0.2) is 14.4 Å². The fraction of sp³-hybridized carbons (Fsp3) is 0.231. The van der Waals surface area contributed by atoms with E-state index in [1.54, 1.807) is 12.1 Å². The third-order valence-electron chi connectivity index (χ3n) is 2.81. The number of nitrogens with zero attached hydrogens (tertiary/aromatic N) is 2. The number of hydrogen-bond acceptors (Lipinski definition) is 2. The van der Waals surface area contributed by atoms with E-state index in [0.717, 1.165) is 23.3 Å². The molecule has 1 aromatic heterocycles. The molecule has 0 bridgehead atoms. The van der Waals surface area contributed by atoms with Gasteiger partial charge in [0.2, 0.25) is 0 Å². The molecule has 1 heterocycles. The second kappa shape index (κ2) is 4.59. The molecule has 0 amide bonds. The van der Waals surface area contributed by atoms with Gasteiger partial charge in [-0.2, -0.15) is 0 Å². The van der Waals surface area contributed by atoms with Gasteiger partial charge in [-0.1, -0.05) is 11.6 Å². The van der Waals surface area contributed by atoms with Crippen LogP contribution in [0.2, 0.25) is 5.02 Å². The normalized spacial score (nSPS) is 14.8. The predicted molar refractivity (Wildman–Crippen MR) is 72.1 cm³/mol. The fourth-order valence-corrected chi connectivity index (χ4v) is 2.43. The molecule has 1 aromatic carbocycles. The largest absolute Gasteiger partial charge is 0.233 e. The van der Waals surface area contributed by atoms with Crippen molar-refractivity contribution in [1.82, 2.24) is 9.97 Å². The van der Waals surface area contributed by atoms with Crippen molar-refractivity contribution in [2.24, 2.45) is 0 Å². The summed E-state index contributed by atoms with van der Waals surface area (Å²) in [5.41, 5.74) is 1.37. The van der Waals surface area contributed by atoms with Crippen LogP contribution in [0.15, 0.2) is 28.9 Å². The third-order valence-corrected chi connectivity index (χ3v) is 3.44. The maximum absolute atomic E-state index is 13.3. The zero-order valence-electron chi connectivity index (χ0n) is 9.33. The molecule has 1 fully saturated rings. The Labute approximate surface area is 117 Å². The molecule has 0 saturated heterocycles. The molecule has 0 radical (unpaired) electrons. The molecule has 3 rings (SSSR count). The zero-order valence-corrected chi connectivity index (χ0v) is 11.7. The summed E-state index contributed by atoms with van der Waals surface area (Å²) in [6.07, 6.45) is 2.25. The van der Waals surface area contributed by atoms with Crippen LogP contribution in [-0.2, 0) is 0 Å². The minimum Gasteiger partial charge on any atom is -0.233 e. The number of rotatable bonds is 2. The minimum absolute atomic E-state index is 0.361. The average Bonchev–Trinajstić information content (AvgIpc) is 3.10. The summed E-state index contributed by atoms with van der Waals surface area (Å²) in [4.78, 5) is 8.83. The van der Waals surface area contributed by atoms with Crippen molar-refractivity contribution in [3.8, 4) is 11.3 Å². The summed E-state index contributed by atoms with van der Waals surface area (Å²) < 4.78 is 14.1. The van der Waals surface area contributed by atoms with Gasteiger partial charge in [-0.3, -0.25) is 0 Å². The van der Waals surface area contributed by atoms with Gasteiger partial charge >= 0.3 is 0 Å². The topological polar surface area (TPSA) is 25.8 Å². The molecule has 1 aliphatic rings. The summed E-state index contributed by atoms with van der Waals surface area (Å²) in [5.74, 6) is 0.908. The SMILES string of the molecule is Fc1cc(Cl)cc(-c2cc(Br)nc(C3CC3)n2)c1. The Morgan fingerprint density at radius 1 is 1.17 bits per heavy atom. The lowest BCUT2D eigenvalue weighted by Gasteiger charge is -2.05. The van der Waals surface area contributed by atoms with Crippen molar-refractivity contribution in [1.29, 1.82) is 0 Å². The van der Waals surface area contributed by atoms with Gasteiger partial charge in [0.15, 0.2) is 0 Å². The smallest absolute Gasteiger partial charge is 0.133 e.